The number of hydrogen-bond acceptors (Lipinski definition) is 4. The number of hydrogen-bond donors (Lipinski definition) is 1. The first kappa shape index (κ1) is 14.4. The van der Waals surface area contributed by atoms with Gasteiger partial charge in [-0.15, -0.1) is 10.2 Å². The van der Waals surface area contributed by atoms with Crippen LogP contribution in [0.25, 0.3) is 11.5 Å². The van der Waals surface area contributed by atoms with E-state index >= 15 is 0 Å². The zero-order valence-corrected chi connectivity index (χ0v) is 12.2. The second-order valence-electron chi connectivity index (χ2n) is 5.06. The Labute approximate surface area is 128 Å². The standard InChI is InChI=1S/C17H16FN3O/c1-12-6-8-13(9-7-12)17-21-20-16(22-17)11-19-10-14-4-2-3-5-15(14)18/h2-9,19H,10-11H2,1H3. The van der Waals surface area contributed by atoms with E-state index in [0.717, 1.165) is 5.56 Å². The van der Waals surface area contributed by atoms with Gasteiger partial charge in [-0.05, 0) is 25.1 Å². The monoisotopic (exact) mass is 297 g/mol. The minimum atomic E-state index is -0.221. The maximum Gasteiger partial charge on any atom is 0.247 e. The molecule has 0 saturated heterocycles. The number of aryl methyl sites for hydroxylation is 1. The first-order valence-electron chi connectivity index (χ1n) is 7.06. The summed E-state index contributed by atoms with van der Waals surface area (Å²) in [6.07, 6.45) is 0. The number of nitrogens with one attached hydrogen (secondary N) is 1. The lowest BCUT2D eigenvalue weighted by Crippen LogP contribution is -2.13. The van der Waals surface area contributed by atoms with Gasteiger partial charge in [0.25, 0.3) is 0 Å². The molecule has 0 bridgehead atoms. The van der Waals surface area contributed by atoms with Gasteiger partial charge in [-0.3, -0.25) is 0 Å². The van der Waals surface area contributed by atoms with Crippen molar-refractivity contribution in [2.75, 3.05) is 0 Å². The molecule has 3 rings (SSSR count). The Morgan fingerprint density at radius 1 is 1.00 bits per heavy atom. The van der Waals surface area contributed by atoms with Crippen LogP contribution in [0.5, 0.6) is 0 Å². The molecule has 112 valence electrons. The van der Waals surface area contributed by atoms with Crippen molar-refractivity contribution in [3.8, 4) is 11.5 Å². The van der Waals surface area contributed by atoms with E-state index in [9.17, 15) is 4.39 Å². The van der Waals surface area contributed by atoms with Gasteiger partial charge < -0.3 is 9.73 Å². The molecule has 0 unspecified atom stereocenters. The van der Waals surface area contributed by atoms with E-state index in [4.69, 9.17) is 4.42 Å². The molecular formula is C17H16FN3O. The molecule has 0 saturated carbocycles. The van der Waals surface area contributed by atoms with Crippen LogP contribution in [0, 0.1) is 12.7 Å². The topological polar surface area (TPSA) is 51.0 Å². The van der Waals surface area contributed by atoms with E-state index in [2.05, 4.69) is 15.5 Å². The largest absolute Gasteiger partial charge is 0.419 e. The van der Waals surface area contributed by atoms with Gasteiger partial charge in [0.2, 0.25) is 11.8 Å². The third-order valence-electron chi connectivity index (χ3n) is 3.31. The number of rotatable bonds is 5. The lowest BCUT2D eigenvalue weighted by atomic mass is 10.1. The molecule has 4 nitrogen and oxygen atoms in total. The Morgan fingerprint density at radius 2 is 1.77 bits per heavy atom. The first-order valence-corrected chi connectivity index (χ1v) is 7.06. The van der Waals surface area contributed by atoms with E-state index in [1.807, 2.05) is 37.3 Å². The molecule has 0 aliphatic rings. The van der Waals surface area contributed by atoms with Crippen molar-refractivity contribution in [2.24, 2.45) is 0 Å². The van der Waals surface area contributed by atoms with Crippen LogP contribution in [0.2, 0.25) is 0 Å². The fraction of sp³-hybridized carbons (Fsp3) is 0.176. The van der Waals surface area contributed by atoms with E-state index in [1.54, 1.807) is 12.1 Å². The molecular weight excluding hydrogens is 281 g/mol. The lowest BCUT2D eigenvalue weighted by molar-refractivity contribution is 0.474. The Kier molecular flexibility index (Phi) is 4.25. The van der Waals surface area contributed by atoms with Crippen LogP contribution in [-0.4, -0.2) is 10.2 Å². The Hall–Kier alpha value is -2.53. The maximum absolute atomic E-state index is 13.5. The summed E-state index contributed by atoms with van der Waals surface area (Å²) in [7, 11) is 0. The van der Waals surface area contributed by atoms with Crippen LogP contribution in [0.3, 0.4) is 0 Å². The zero-order chi connectivity index (χ0) is 15.4. The van der Waals surface area contributed by atoms with Crippen LogP contribution in [0.1, 0.15) is 17.0 Å². The average molecular weight is 297 g/mol. The molecule has 5 heteroatoms. The van der Waals surface area contributed by atoms with Crippen molar-refractivity contribution in [3.05, 3.63) is 71.4 Å². The SMILES string of the molecule is Cc1ccc(-c2nnc(CNCc3ccccc3F)o2)cc1. The predicted molar refractivity (Wildman–Crippen MR) is 81.4 cm³/mol. The van der Waals surface area contributed by atoms with Crippen molar-refractivity contribution in [1.29, 1.82) is 0 Å². The molecule has 0 fully saturated rings. The summed E-state index contributed by atoms with van der Waals surface area (Å²) in [5.41, 5.74) is 2.68. The molecule has 0 amide bonds. The molecule has 1 N–H and O–H groups in total. The summed E-state index contributed by atoms with van der Waals surface area (Å²) in [5, 5.41) is 11.1. The van der Waals surface area contributed by atoms with Gasteiger partial charge in [0.15, 0.2) is 0 Å². The molecule has 0 atom stereocenters. The van der Waals surface area contributed by atoms with Crippen molar-refractivity contribution in [2.45, 2.75) is 20.0 Å². The number of nitrogens with zero attached hydrogens (tertiary/aromatic N) is 2. The van der Waals surface area contributed by atoms with Crippen molar-refractivity contribution in [3.63, 3.8) is 0 Å². The van der Waals surface area contributed by atoms with Gasteiger partial charge in [0, 0.05) is 17.7 Å². The first-order chi connectivity index (χ1) is 10.7. The van der Waals surface area contributed by atoms with E-state index in [1.165, 1.54) is 11.6 Å². The second-order valence-corrected chi connectivity index (χ2v) is 5.06. The van der Waals surface area contributed by atoms with Crippen LogP contribution >= 0.6 is 0 Å². The van der Waals surface area contributed by atoms with Gasteiger partial charge in [0.05, 0.1) is 6.54 Å². The smallest absolute Gasteiger partial charge is 0.247 e. The molecule has 0 aliphatic carbocycles. The Balaban J connectivity index is 1.60. The van der Waals surface area contributed by atoms with E-state index in [-0.39, 0.29) is 5.82 Å². The molecule has 1 aromatic heterocycles. The van der Waals surface area contributed by atoms with Crippen LogP contribution in [0.4, 0.5) is 4.39 Å². The molecule has 0 spiro atoms. The highest BCUT2D eigenvalue weighted by Crippen LogP contribution is 2.18. The molecule has 0 aliphatic heterocycles. The minimum absolute atomic E-state index is 0.221. The van der Waals surface area contributed by atoms with Gasteiger partial charge >= 0.3 is 0 Å². The maximum atomic E-state index is 13.5. The number of benzene rings is 2. The van der Waals surface area contributed by atoms with Crippen LogP contribution in [0.15, 0.2) is 52.9 Å². The summed E-state index contributed by atoms with van der Waals surface area (Å²) in [6, 6.07) is 14.5. The third kappa shape index (κ3) is 3.38. The fourth-order valence-corrected chi connectivity index (χ4v) is 2.08. The zero-order valence-electron chi connectivity index (χ0n) is 12.2. The molecule has 2 aromatic carbocycles. The van der Waals surface area contributed by atoms with Crippen LogP contribution in [-0.2, 0) is 13.1 Å². The normalized spacial score (nSPS) is 10.8. The molecule has 0 radical (unpaired) electrons. The van der Waals surface area contributed by atoms with Crippen LogP contribution < -0.4 is 5.32 Å². The molecule has 22 heavy (non-hydrogen) atoms. The van der Waals surface area contributed by atoms with Crippen molar-refractivity contribution < 1.29 is 8.81 Å². The molecule has 1 heterocycles. The van der Waals surface area contributed by atoms with Crippen molar-refractivity contribution in [1.82, 2.24) is 15.5 Å². The van der Waals surface area contributed by atoms with Gasteiger partial charge in [-0.2, -0.15) is 0 Å². The summed E-state index contributed by atoms with van der Waals surface area (Å²) in [5.74, 6) is 0.746. The minimum Gasteiger partial charge on any atom is -0.419 e. The van der Waals surface area contributed by atoms with Gasteiger partial charge in [-0.1, -0.05) is 35.9 Å². The predicted octanol–water partition coefficient (Wildman–Crippen LogP) is 3.47. The van der Waals surface area contributed by atoms with E-state index in [0.29, 0.717) is 30.4 Å². The number of aromatic nitrogens is 2. The average Bonchev–Trinajstić information content (AvgIpc) is 2.99. The summed E-state index contributed by atoms with van der Waals surface area (Å²) < 4.78 is 19.1. The van der Waals surface area contributed by atoms with Gasteiger partial charge in [-0.25, -0.2) is 4.39 Å². The van der Waals surface area contributed by atoms with Gasteiger partial charge in [0.1, 0.15) is 5.82 Å². The Morgan fingerprint density at radius 3 is 2.55 bits per heavy atom. The molecule has 3 aromatic rings. The highest BCUT2D eigenvalue weighted by molar-refractivity contribution is 5.52. The highest BCUT2D eigenvalue weighted by Gasteiger charge is 2.08. The second kappa shape index (κ2) is 6.49. The third-order valence-corrected chi connectivity index (χ3v) is 3.31. The highest BCUT2D eigenvalue weighted by atomic mass is 19.1. The van der Waals surface area contributed by atoms with Crippen molar-refractivity contribution >= 4 is 0 Å². The quantitative estimate of drug-likeness (QED) is 0.783. The summed E-state index contributed by atoms with van der Waals surface area (Å²) >= 11 is 0. The number of halogens is 1. The van der Waals surface area contributed by atoms with E-state index < -0.39 is 0 Å². The Bertz CT molecular complexity index is 753. The lowest BCUT2D eigenvalue weighted by Gasteiger charge is -2.03. The fourth-order valence-electron chi connectivity index (χ4n) is 2.08. The summed E-state index contributed by atoms with van der Waals surface area (Å²) in [4.78, 5) is 0. The summed E-state index contributed by atoms with van der Waals surface area (Å²) in [6.45, 7) is 2.83.